The summed E-state index contributed by atoms with van der Waals surface area (Å²) in [7, 11) is 0. The molecule has 0 saturated carbocycles. The average Bonchev–Trinajstić information content (AvgIpc) is 2.90. The second-order valence-electron chi connectivity index (χ2n) is 4.26. The van der Waals surface area contributed by atoms with Crippen LogP contribution >= 0.6 is 0 Å². The molecule has 2 heteroatoms. The van der Waals surface area contributed by atoms with E-state index in [0.29, 0.717) is 5.76 Å². The number of furan rings is 1. The zero-order chi connectivity index (χ0) is 13.1. The zero-order valence-corrected chi connectivity index (χ0v) is 10.2. The highest BCUT2D eigenvalue weighted by molar-refractivity contribution is 6.06. The summed E-state index contributed by atoms with van der Waals surface area (Å²) < 4.78 is 5.52. The normalized spacial score (nSPS) is 11.2. The molecule has 0 spiro atoms. The number of hydrogen-bond acceptors (Lipinski definition) is 2. The fourth-order valence-electron chi connectivity index (χ4n) is 1.92. The maximum absolute atomic E-state index is 12.0. The highest BCUT2D eigenvalue weighted by atomic mass is 16.3. The SMILES string of the molecule is O=C(C=Cc1ccccc1)c1cc2ccccc2o1. The Hall–Kier alpha value is -2.61. The van der Waals surface area contributed by atoms with Crippen molar-refractivity contribution >= 4 is 22.8 Å². The molecule has 92 valence electrons. The van der Waals surface area contributed by atoms with Crippen molar-refractivity contribution in [1.82, 2.24) is 0 Å². The number of para-hydroxylation sites is 1. The molecule has 0 fully saturated rings. The van der Waals surface area contributed by atoms with Gasteiger partial charge in [-0.25, -0.2) is 0 Å². The number of hydrogen-bond donors (Lipinski definition) is 0. The van der Waals surface area contributed by atoms with E-state index in [2.05, 4.69) is 0 Å². The van der Waals surface area contributed by atoms with Crippen LogP contribution in [0.1, 0.15) is 16.1 Å². The van der Waals surface area contributed by atoms with Gasteiger partial charge in [-0.05, 0) is 23.8 Å². The molecule has 0 bridgehead atoms. The second kappa shape index (κ2) is 4.94. The second-order valence-corrected chi connectivity index (χ2v) is 4.26. The molecule has 1 aromatic heterocycles. The smallest absolute Gasteiger partial charge is 0.221 e. The maximum atomic E-state index is 12.0. The highest BCUT2D eigenvalue weighted by Gasteiger charge is 2.08. The van der Waals surface area contributed by atoms with Crippen LogP contribution in [0.25, 0.3) is 17.0 Å². The minimum Gasteiger partial charge on any atom is -0.453 e. The highest BCUT2D eigenvalue weighted by Crippen LogP contribution is 2.19. The van der Waals surface area contributed by atoms with Gasteiger partial charge >= 0.3 is 0 Å². The molecule has 0 amide bonds. The van der Waals surface area contributed by atoms with Gasteiger partial charge in [0.1, 0.15) is 5.58 Å². The van der Waals surface area contributed by atoms with Crippen LogP contribution in [0.2, 0.25) is 0 Å². The van der Waals surface area contributed by atoms with E-state index in [1.165, 1.54) is 6.08 Å². The van der Waals surface area contributed by atoms with Crippen molar-refractivity contribution in [3.63, 3.8) is 0 Å². The van der Waals surface area contributed by atoms with Crippen molar-refractivity contribution in [3.8, 4) is 0 Å². The Morgan fingerprint density at radius 1 is 0.947 bits per heavy atom. The Balaban J connectivity index is 1.86. The zero-order valence-electron chi connectivity index (χ0n) is 10.2. The fraction of sp³-hybridized carbons (Fsp3) is 0. The van der Waals surface area contributed by atoms with Crippen molar-refractivity contribution in [2.75, 3.05) is 0 Å². The van der Waals surface area contributed by atoms with E-state index in [9.17, 15) is 4.79 Å². The summed E-state index contributed by atoms with van der Waals surface area (Å²) in [5.74, 6) is 0.244. The summed E-state index contributed by atoms with van der Waals surface area (Å²) in [6.45, 7) is 0. The predicted molar refractivity (Wildman–Crippen MR) is 76.0 cm³/mol. The van der Waals surface area contributed by atoms with E-state index < -0.39 is 0 Å². The van der Waals surface area contributed by atoms with Crippen LogP contribution in [0.5, 0.6) is 0 Å². The molecule has 2 aromatic carbocycles. The fourth-order valence-corrected chi connectivity index (χ4v) is 1.92. The minimum absolute atomic E-state index is 0.125. The molecule has 0 aliphatic rings. The molecule has 0 saturated heterocycles. The minimum atomic E-state index is -0.125. The first-order chi connectivity index (χ1) is 9.33. The number of rotatable bonds is 3. The van der Waals surface area contributed by atoms with E-state index in [-0.39, 0.29) is 5.78 Å². The van der Waals surface area contributed by atoms with Gasteiger partial charge in [-0.3, -0.25) is 4.79 Å². The maximum Gasteiger partial charge on any atom is 0.221 e. The standard InChI is InChI=1S/C17H12O2/c18-15(11-10-13-6-2-1-3-7-13)17-12-14-8-4-5-9-16(14)19-17/h1-12H. The third-order valence-electron chi connectivity index (χ3n) is 2.90. The molecule has 3 aromatic rings. The first-order valence-corrected chi connectivity index (χ1v) is 6.09. The monoisotopic (exact) mass is 248 g/mol. The first kappa shape index (κ1) is 11.5. The Kier molecular flexibility index (Phi) is 2.99. The predicted octanol–water partition coefficient (Wildman–Crippen LogP) is 4.33. The third kappa shape index (κ3) is 2.47. The van der Waals surface area contributed by atoms with Crippen LogP contribution in [-0.4, -0.2) is 5.78 Å². The van der Waals surface area contributed by atoms with E-state index >= 15 is 0 Å². The molecule has 1 heterocycles. The summed E-state index contributed by atoms with van der Waals surface area (Å²) in [6.07, 6.45) is 3.32. The largest absolute Gasteiger partial charge is 0.453 e. The van der Waals surface area contributed by atoms with Gasteiger partial charge in [0, 0.05) is 5.39 Å². The molecule has 0 aliphatic carbocycles. The molecule has 19 heavy (non-hydrogen) atoms. The van der Waals surface area contributed by atoms with E-state index in [1.54, 1.807) is 12.1 Å². The molecular formula is C17H12O2. The summed E-state index contributed by atoms with van der Waals surface area (Å²) >= 11 is 0. The van der Waals surface area contributed by atoms with Gasteiger partial charge < -0.3 is 4.42 Å². The number of allylic oxidation sites excluding steroid dienone is 1. The van der Waals surface area contributed by atoms with Crippen LogP contribution in [0, 0.1) is 0 Å². The number of ketones is 1. The van der Waals surface area contributed by atoms with Gasteiger partial charge in [-0.1, -0.05) is 54.6 Å². The lowest BCUT2D eigenvalue weighted by atomic mass is 10.2. The van der Waals surface area contributed by atoms with Crippen LogP contribution in [0.3, 0.4) is 0 Å². The molecule has 0 aliphatic heterocycles. The molecule has 0 radical (unpaired) electrons. The Bertz CT molecular complexity index is 703. The van der Waals surface area contributed by atoms with Gasteiger partial charge in [0.05, 0.1) is 0 Å². The Labute approximate surface area is 111 Å². The first-order valence-electron chi connectivity index (χ1n) is 6.09. The number of carbonyl (C=O) groups excluding carboxylic acids is 1. The van der Waals surface area contributed by atoms with Crippen LogP contribution in [-0.2, 0) is 0 Å². The van der Waals surface area contributed by atoms with E-state index in [0.717, 1.165) is 16.5 Å². The van der Waals surface area contributed by atoms with Gasteiger partial charge in [-0.15, -0.1) is 0 Å². The lowest BCUT2D eigenvalue weighted by Gasteiger charge is -1.91. The van der Waals surface area contributed by atoms with Crippen molar-refractivity contribution < 1.29 is 9.21 Å². The van der Waals surface area contributed by atoms with E-state index in [4.69, 9.17) is 4.42 Å². The quantitative estimate of drug-likeness (QED) is 0.510. The van der Waals surface area contributed by atoms with Crippen molar-refractivity contribution in [2.45, 2.75) is 0 Å². The molecule has 3 rings (SSSR count). The lowest BCUT2D eigenvalue weighted by Crippen LogP contribution is -1.90. The molecule has 0 N–H and O–H groups in total. The van der Waals surface area contributed by atoms with Crippen LogP contribution in [0.4, 0.5) is 0 Å². The van der Waals surface area contributed by atoms with Gasteiger partial charge in [-0.2, -0.15) is 0 Å². The van der Waals surface area contributed by atoms with Gasteiger partial charge in [0.15, 0.2) is 5.76 Å². The summed E-state index contributed by atoms with van der Waals surface area (Å²) in [5.41, 5.74) is 1.73. The summed E-state index contributed by atoms with van der Waals surface area (Å²) in [4.78, 5) is 12.0. The van der Waals surface area contributed by atoms with Crippen molar-refractivity contribution in [1.29, 1.82) is 0 Å². The Morgan fingerprint density at radius 2 is 1.68 bits per heavy atom. The molecule has 0 unspecified atom stereocenters. The van der Waals surface area contributed by atoms with Crippen molar-refractivity contribution in [2.24, 2.45) is 0 Å². The number of fused-ring (bicyclic) bond motifs is 1. The van der Waals surface area contributed by atoms with Crippen LogP contribution < -0.4 is 0 Å². The van der Waals surface area contributed by atoms with E-state index in [1.807, 2.05) is 54.6 Å². The molecule has 0 atom stereocenters. The Morgan fingerprint density at radius 3 is 2.47 bits per heavy atom. The average molecular weight is 248 g/mol. The van der Waals surface area contributed by atoms with Crippen molar-refractivity contribution in [3.05, 3.63) is 78.1 Å². The van der Waals surface area contributed by atoms with Gasteiger partial charge in [0.25, 0.3) is 0 Å². The lowest BCUT2D eigenvalue weighted by molar-refractivity contribution is 0.102. The van der Waals surface area contributed by atoms with Gasteiger partial charge in [0.2, 0.25) is 5.78 Å². The number of benzene rings is 2. The topological polar surface area (TPSA) is 30.2 Å². The third-order valence-corrected chi connectivity index (χ3v) is 2.90. The summed E-state index contributed by atoms with van der Waals surface area (Å²) in [5, 5.41) is 0.943. The molecular weight excluding hydrogens is 236 g/mol. The molecule has 2 nitrogen and oxygen atoms in total. The summed E-state index contributed by atoms with van der Waals surface area (Å²) in [6, 6.07) is 19.1. The van der Waals surface area contributed by atoms with Crippen LogP contribution in [0.15, 0.2) is 71.2 Å². The number of carbonyl (C=O) groups is 1.